The van der Waals surface area contributed by atoms with Crippen molar-refractivity contribution in [2.24, 2.45) is 7.05 Å². The molecule has 1 fully saturated rings. The number of piperazine rings is 1. The zero-order chi connectivity index (χ0) is 15.7. The molecule has 118 valence electrons. The lowest BCUT2D eigenvalue weighted by Crippen LogP contribution is -2.50. The second kappa shape index (κ2) is 6.22. The average molecular weight is 318 g/mol. The van der Waals surface area contributed by atoms with Crippen LogP contribution in [-0.2, 0) is 11.8 Å². The number of hydrogen-bond acceptors (Lipinski definition) is 4. The summed E-state index contributed by atoms with van der Waals surface area (Å²) in [5, 5.41) is 2.03. The molecule has 1 aliphatic heterocycles. The second-order valence-electron chi connectivity index (χ2n) is 5.91. The van der Waals surface area contributed by atoms with Crippen molar-refractivity contribution in [2.45, 2.75) is 18.9 Å². The molecule has 5 nitrogen and oxygen atoms in total. The van der Waals surface area contributed by atoms with Crippen LogP contribution in [0.1, 0.15) is 29.6 Å². The van der Waals surface area contributed by atoms with Gasteiger partial charge in [0.1, 0.15) is 5.82 Å². The number of aromatic nitrogens is 2. The molecular formula is C16H22N4OS. The van der Waals surface area contributed by atoms with Crippen LogP contribution in [0, 0.1) is 0 Å². The van der Waals surface area contributed by atoms with Gasteiger partial charge in [-0.15, -0.1) is 11.3 Å². The molecule has 2 atom stereocenters. The van der Waals surface area contributed by atoms with Gasteiger partial charge >= 0.3 is 0 Å². The highest BCUT2D eigenvalue weighted by Gasteiger charge is 2.32. The van der Waals surface area contributed by atoms with E-state index in [0.29, 0.717) is 6.54 Å². The van der Waals surface area contributed by atoms with Crippen LogP contribution in [0.3, 0.4) is 0 Å². The predicted molar refractivity (Wildman–Crippen MR) is 87.9 cm³/mol. The molecular weight excluding hydrogens is 296 g/mol. The van der Waals surface area contributed by atoms with Gasteiger partial charge in [-0.2, -0.15) is 0 Å². The minimum Gasteiger partial charge on any atom is -0.339 e. The Morgan fingerprint density at radius 3 is 2.86 bits per heavy atom. The van der Waals surface area contributed by atoms with Gasteiger partial charge in [-0.25, -0.2) is 4.98 Å². The first-order valence-corrected chi connectivity index (χ1v) is 8.45. The highest BCUT2D eigenvalue weighted by atomic mass is 32.1. The number of rotatable bonds is 3. The summed E-state index contributed by atoms with van der Waals surface area (Å²) in [6, 6.07) is 4.21. The van der Waals surface area contributed by atoms with Gasteiger partial charge in [0.15, 0.2) is 0 Å². The van der Waals surface area contributed by atoms with Gasteiger partial charge in [0.2, 0.25) is 5.91 Å². The van der Waals surface area contributed by atoms with Crippen molar-refractivity contribution in [3.05, 3.63) is 40.6 Å². The van der Waals surface area contributed by atoms with Gasteiger partial charge in [0.25, 0.3) is 0 Å². The molecule has 3 rings (SSSR count). The topological polar surface area (TPSA) is 41.4 Å². The van der Waals surface area contributed by atoms with Crippen LogP contribution < -0.4 is 0 Å². The van der Waals surface area contributed by atoms with E-state index in [1.54, 1.807) is 11.3 Å². The van der Waals surface area contributed by atoms with Crippen molar-refractivity contribution >= 4 is 17.2 Å². The zero-order valence-corrected chi connectivity index (χ0v) is 14.1. The number of likely N-dealkylation sites (N-methyl/N-ethyl adjacent to an activating group) is 1. The summed E-state index contributed by atoms with van der Waals surface area (Å²) in [5.41, 5.74) is 0. The number of amides is 1. The second-order valence-corrected chi connectivity index (χ2v) is 6.89. The Morgan fingerprint density at radius 1 is 1.41 bits per heavy atom. The molecule has 0 spiro atoms. The van der Waals surface area contributed by atoms with Crippen LogP contribution in [0.15, 0.2) is 29.9 Å². The molecule has 6 heteroatoms. The van der Waals surface area contributed by atoms with Crippen molar-refractivity contribution in [3.63, 3.8) is 0 Å². The van der Waals surface area contributed by atoms with Crippen LogP contribution >= 0.6 is 11.3 Å². The standard InChI is InChI=1S/C16H22N4OS/c1-12(14-5-4-10-22-14)16(21)20-9-8-18(2)13(11-20)15-17-6-7-19(15)3/h4-7,10,12-13H,8-9,11H2,1-3H3/t12-,13-/m0/s1. The quantitative estimate of drug-likeness (QED) is 0.870. The molecule has 0 bridgehead atoms. The fourth-order valence-electron chi connectivity index (χ4n) is 2.98. The Labute approximate surface area is 135 Å². The maximum Gasteiger partial charge on any atom is 0.230 e. The van der Waals surface area contributed by atoms with Crippen molar-refractivity contribution in [1.82, 2.24) is 19.4 Å². The van der Waals surface area contributed by atoms with E-state index in [9.17, 15) is 4.79 Å². The average Bonchev–Trinajstić information content (AvgIpc) is 3.18. The minimum absolute atomic E-state index is 0.0644. The number of thiophene rings is 1. The number of hydrogen-bond donors (Lipinski definition) is 0. The van der Waals surface area contributed by atoms with Gasteiger partial charge < -0.3 is 9.47 Å². The zero-order valence-electron chi connectivity index (χ0n) is 13.3. The first-order valence-electron chi connectivity index (χ1n) is 7.57. The molecule has 0 N–H and O–H groups in total. The van der Waals surface area contributed by atoms with Crippen LogP contribution in [0.5, 0.6) is 0 Å². The van der Waals surface area contributed by atoms with Crippen LogP contribution in [0.25, 0.3) is 0 Å². The van der Waals surface area contributed by atoms with Crippen LogP contribution in [-0.4, -0.2) is 51.9 Å². The van der Waals surface area contributed by atoms with Gasteiger partial charge in [0.05, 0.1) is 12.0 Å². The van der Waals surface area contributed by atoms with Crippen molar-refractivity contribution < 1.29 is 4.79 Å². The molecule has 1 saturated heterocycles. The van der Waals surface area contributed by atoms with Crippen molar-refractivity contribution in [3.8, 4) is 0 Å². The van der Waals surface area contributed by atoms with Crippen molar-refractivity contribution in [1.29, 1.82) is 0 Å². The minimum atomic E-state index is -0.0644. The largest absolute Gasteiger partial charge is 0.339 e. The number of imidazole rings is 1. The monoisotopic (exact) mass is 318 g/mol. The number of aryl methyl sites for hydroxylation is 1. The lowest BCUT2D eigenvalue weighted by atomic mass is 10.1. The molecule has 1 amide bonds. The van der Waals surface area contributed by atoms with E-state index in [-0.39, 0.29) is 17.9 Å². The van der Waals surface area contributed by atoms with E-state index in [0.717, 1.165) is 23.8 Å². The van der Waals surface area contributed by atoms with Crippen LogP contribution in [0.4, 0.5) is 0 Å². The molecule has 22 heavy (non-hydrogen) atoms. The van der Waals surface area contributed by atoms with Crippen LogP contribution in [0.2, 0.25) is 0 Å². The van der Waals surface area contributed by atoms with E-state index in [1.807, 2.05) is 53.3 Å². The Kier molecular flexibility index (Phi) is 4.31. The summed E-state index contributed by atoms with van der Waals surface area (Å²) < 4.78 is 2.04. The predicted octanol–water partition coefficient (Wildman–Crippen LogP) is 2.10. The highest BCUT2D eigenvalue weighted by Crippen LogP contribution is 2.27. The third-order valence-electron chi connectivity index (χ3n) is 4.46. The Balaban J connectivity index is 1.75. The Bertz CT molecular complexity index is 636. The molecule has 2 aromatic rings. The molecule has 0 aromatic carbocycles. The molecule has 2 aromatic heterocycles. The van der Waals surface area contributed by atoms with E-state index in [1.165, 1.54) is 0 Å². The van der Waals surface area contributed by atoms with E-state index < -0.39 is 0 Å². The molecule has 0 aliphatic carbocycles. The molecule has 0 saturated carbocycles. The highest BCUT2D eigenvalue weighted by molar-refractivity contribution is 7.10. The first kappa shape index (κ1) is 15.2. The van der Waals surface area contributed by atoms with E-state index >= 15 is 0 Å². The number of nitrogens with zero attached hydrogens (tertiary/aromatic N) is 4. The number of carbonyl (C=O) groups excluding carboxylic acids is 1. The molecule has 0 unspecified atom stereocenters. The molecule has 3 heterocycles. The third kappa shape index (κ3) is 2.80. The maximum atomic E-state index is 12.8. The van der Waals surface area contributed by atoms with Gasteiger partial charge in [-0.3, -0.25) is 9.69 Å². The summed E-state index contributed by atoms with van der Waals surface area (Å²) in [7, 11) is 4.11. The summed E-state index contributed by atoms with van der Waals surface area (Å²) in [5.74, 6) is 1.17. The fourth-order valence-corrected chi connectivity index (χ4v) is 3.76. The van der Waals surface area contributed by atoms with E-state index in [4.69, 9.17) is 0 Å². The summed E-state index contributed by atoms with van der Waals surface area (Å²) >= 11 is 1.65. The SMILES string of the molecule is C[C@H](C(=O)N1CCN(C)[C@H](c2nccn2C)C1)c1cccs1. The normalized spacial score (nSPS) is 21.0. The van der Waals surface area contributed by atoms with E-state index in [2.05, 4.69) is 16.9 Å². The van der Waals surface area contributed by atoms with Gasteiger partial charge in [-0.1, -0.05) is 6.07 Å². The maximum absolute atomic E-state index is 12.8. The molecule has 0 radical (unpaired) electrons. The van der Waals surface area contributed by atoms with Gasteiger partial charge in [0, 0.05) is 44.0 Å². The molecule has 1 aliphatic rings. The summed E-state index contributed by atoms with van der Waals surface area (Å²) in [6.07, 6.45) is 3.77. The number of carbonyl (C=O) groups is 1. The Morgan fingerprint density at radius 2 is 2.23 bits per heavy atom. The lowest BCUT2D eigenvalue weighted by molar-refractivity contribution is -0.135. The van der Waals surface area contributed by atoms with Crippen molar-refractivity contribution in [2.75, 3.05) is 26.7 Å². The Hall–Kier alpha value is -1.66. The van der Waals surface area contributed by atoms with Gasteiger partial charge in [-0.05, 0) is 25.4 Å². The summed E-state index contributed by atoms with van der Waals surface area (Å²) in [4.78, 5) is 22.7. The fraction of sp³-hybridized carbons (Fsp3) is 0.500. The summed E-state index contributed by atoms with van der Waals surface area (Å²) in [6.45, 7) is 4.37. The lowest BCUT2D eigenvalue weighted by Gasteiger charge is -2.39. The third-order valence-corrected chi connectivity index (χ3v) is 5.51. The first-order chi connectivity index (χ1) is 10.6. The smallest absolute Gasteiger partial charge is 0.230 e.